The van der Waals surface area contributed by atoms with E-state index in [0.29, 0.717) is 13.1 Å². The minimum absolute atomic E-state index is 0.0739. The van der Waals surface area contributed by atoms with Gasteiger partial charge in [-0.2, -0.15) is 13.2 Å². The molecule has 0 spiro atoms. The van der Waals surface area contributed by atoms with E-state index >= 15 is 0 Å². The zero-order valence-corrected chi connectivity index (χ0v) is 8.84. The van der Waals surface area contributed by atoms with Gasteiger partial charge in [0.1, 0.15) is 0 Å². The molecule has 2 N–H and O–H groups in total. The van der Waals surface area contributed by atoms with Crippen LogP contribution in [0.15, 0.2) is 24.3 Å². The predicted octanol–water partition coefficient (Wildman–Crippen LogP) is 1.41. The van der Waals surface area contributed by atoms with E-state index in [-0.39, 0.29) is 17.5 Å². The van der Waals surface area contributed by atoms with Crippen LogP contribution >= 0.6 is 0 Å². The zero-order valence-electron chi connectivity index (χ0n) is 8.84. The maximum absolute atomic E-state index is 12.3. The highest BCUT2D eigenvalue weighted by Crippen LogP contribution is 2.29. The molecule has 1 aromatic carbocycles. The first-order valence-electron chi connectivity index (χ1n) is 5.15. The fourth-order valence-corrected chi connectivity index (χ4v) is 1.47. The second kappa shape index (κ2) is 4.37. The fraction of sp³-hybridized carbons (Fsp3) is 0.364. The number of hydrogen-bond donors (Lipinski definition) is 2. The lowest BCUT2D eigenvalue weighted by Gasteiger charge is -2.27. The number of hydrogen-bond acceptors (Lipinski definition) is 2. The Labute approximate surface area is 96.0 Å². The standard InChI is InChI=1S/C11H11F3N2O/c12-11(13,14)8-3-1-7(2-4-8)10(17)16-9-5-15-6-9/h1-4,9,15H,5-6H2,(H,16,17). The topological polar surface area (TPSA) is 41.1 Å². The molecule has 0 bridgehead atoms. The van der Waals surface area contributed by atoms with E-state index in [0.717, 1.165) is 12.1 Å². The van der Waals surface area contributed by atoms with E-state index in [1.54, 1.807) is 0 Å². The maximum atomic E-state index is 12.3. The molecular weight excluding hydrogens is 233 g/mol. The number of halogens is 3. The number of nitrogens with one attached hydrogen (secondary N) is 2. The highest BCUT2D eigenvalue weighted by Gasteiger charge is 2.30. The number of benzene rings is 1. The molecule has 1 saturated heterocycles. The molecule has 1 aliphatic heterocycles. The van der Waals surface area contributed by atoms with E-state index in [4.69, 9.17) is 0 Å². The first kappa shape index (κ1) is 11.9. The molecular formula is C11H11F3N2O. The highest BCUT2D eigenvalue weighted by molar-refractivity contribution is 5.94. The van der Waals surface area contributed by atoms with Crippen molar-refractivity contribution >= 4 is 5.91 Å². The minimum atomic E-state index is -4.37. The lowest BCUT2D eigenvalue weighted by molar-refractivity contribution is -0.137. The van der Waals surface area contributed by atoms with Crippen molar-refractivity contribution < 1.29 is 18.0 Å². The summed E-state index contributed by atoms with van der Waals surface area (Å²) >= 11 is 0. The van der Waals surface area contributed by atoms with Gasteiger partial charge in [0.25, 0.3) is 5.91 Å². The van der Waals surface area contributed by atoms with Gasteiger partial charge in [-0.1, -0.05) is 0 Å². The molecule has 1 fully saturated rings. The molecule has 1 aliphatic rings. The van der Waals surface area contributed by atoms with Crippen molar-refractivity contribution in [1.29, 1.82) is 0 Å². The van der Waals surface area contributed by atoms with E-state index in [1.165, 1.54) is 12.1 Å². The van der Waals surface area contributed by atoms with Crippen LogP contribution in [0, 0.1) is 0 Å². The summed E-state index contributed by atoms with van der Waals surface area (Å²) in [4.78, 5) is 11.6. The summed E-state index contributed by atoms with van der Waals surface area (Å²) in [6.45, 7) is 1.40. The summed E-state index contributed by atoms with van der Waals surface area (Å²) in [6, 6.07) is 4.26. The second-order valence-corrected chi connectivity index (χ2v) is 3.90. The lowest BCUT2D eigenvalue weighted by atomic mass is 10.1. The summed E-state index contributed by atoms with van der Waals surface area (Å²) in [5.74, 6) is -0.342. The van der Waals surface area contributed by atoms with Gasteiger partial charge in [-0.15, -0.1) is 0 Å². The number of carbonyl (C=O) groups excluding carboxylic acids is 1. The van der Waals surface area contributed by atoms with E-state index in [1.807, 2.05) is 0 Å². The average molecular weight is 244 g/mol. The Morgan fingerprint density at radius 2 is 1.82 bits per heavy atom. The summed E-state index contributed by atoms with van der Waals surface area (Å²) in [7, 11) is 0. The minimum Gasteiger partial charge on any atom is -0.347 e. The highest BCUT2D eigenvalue weighted by atomic mass is 19.4. The third kappa shape index (κ3) is 2.76. The fourth-order valence-electron chi connectivity index (χ4n) is 1.47. The molecule has 1 aromatic rings. The quantitative estimate of drug-likeness (QED) is 0.825. The molecule has 0 aliphatic carbocycles. The molecule has 92 valence electrons. The maximum Gasteiger partial charge on any atom is 0.416 e. The molecule has 2 rings (SSSR count). The van der Waals surface area contributed by atoms with Crippen molar-refractivity contribution in [2.75, 3.05) is 13.1 Å². The van der Waals surface area contributed by atoms with Crippen LogP contribution in [-0.2, 0) is 6.18 Å². The lowest BCUT2D eigenvalue weighted by Crippen LogP contribution is -2.56. The van der Waals surface area contributed by atoms with Gasteiger partial charge in [-0.3, -0.25) is 4.79 Å². The predicted molar refractivity (Wildman–Crippen MR) is 55.6 cm³/mol. The van der Waals surface area contributed by atoms with Gasteiger partial charge in [0.2, 0.25) is 0 Å². The third-order valence-electron chi connectivity index (χ3n) is 2.59. The molecule has 1 amide bonds. The van der Waals surface area contributed by atoms with Gasteiger partial charge >= 0.3 is 6.18 Å². The Bertz CT molecular complexity index is 410. The van der Waals surface area contributed by atoms with Gasteiger partial charge in [0, 0.05) is 18.7 Å². The Balaban J connectivity index is 2.04. The van der Waals surface area contributed by atoms with Crippen molar-refractivity contribution in [3.05, 3.63) is 35.4 Å². The summed E-state index contributed by atoms with van der Waals surface area (Å²) in [5, 5.41) is 5.69. The molecule has 3 nitrogen and oxygen atoms in total. The molecule has 0 atom stereocenters. The van der Waals surface area contributed by atoms with Crippen LogP contribution in [0.1, 0.15) is 15.9 Å². The first-order chi connectivity index (χ1) is 7.97. The van der Waals surface area contributed by atoms with Crippen molar-refractivity contribution in [3.8, 4) is 0 Å². The van der Waals surface area contributed by atoms with Gasteiger partial charge in [-0.25, -0.2) is 0 Å². The smallest absolute Gasteiger partial charge is 0.347 e. The first-order valence-corrected chi connectivity index (χ1v) is 5.15. The van der Waals surface area contributed by atoms with Crippen molar-refractivity contribution in [3.63, 3.8) is 0 Å². The van der Waals surface area contributed by atoms with Crippen LogP contribution < -0.4 is 10.6 Å². The molecule has 0 aromatic heterocycles. The normalized spacial score (nSPS) is 16.4. The van der Waals surface area contributed by atoms with Gasteiger partial charge in [-0.05, 0) is 24.3 Å². The summed E-state index contributed by atoms with van der Waals surface area (Å²) < 4.78 is 36.9. The van der Waals surface area contributed by atoms with Crippen LogP contribution in [0.4, 0.5) is 13.2 Å². The van der Waals surface area contributed by atoms with Gasteiger partial charge < -0.3 is 10.6 Å². The number of rotatable bonds is 2. The van der Waals surface area contributed by atoms with Crippen molar-refractivity contribution in [1.82, 2.24) is 10.6 Å². The largest absolute Gasteiger partial charge is 0.416 e. The molecule has 6 heteroatoms. The Morgan fingerprint density at radius 3 is 2.24 bits per heavy atom. The molecule has 0 unspecified atom stereocenters. The molecule has 17 heavy (non-hydrogen) atoms. The summed E-state index contributed by atoms with van der Waals surface area (Å²) in [6.07, 6.45) is -4.37. The van der Waals surface area contributed by atoms with E-state index < -0.39 is 11.7 Å². The SMILES string of the molecule is O=C(NC1CNC1)c1ccc(C(F)(F)F)cc1. The average Bonchev–Trinajstić information content (AvgIpc) is 2.22. The zero-order chi connectivity index (χ0) is 12.5. The van der Waals surface area contributed by atoms with Gasteiger partial charge in [0.05, 0.1) is 11.6 Å². The number of carbonyl (C=O) groups is 1. The Morgan fingerprint density at radius 1 is 1.24 bits per heavy atom. The van der Waals surface area contributed by atoms with E-state index in [2.05, 4.69) is 10.6 Å². The molecule has 0 radical (unpaired) electrons. The van der Waals surface area contributed by atoms with Crippen LogP contribution in [0.2, 0.25) is 0 Å². The number of alkyl halides is 3. The summed E-state index contributed by atoms with van der Waals surface area (Å²) in [5.41, 5.74) is -0.510. The Hall–Kier alpha value is -1.56. The van der Waals surface area contributed by atoms with Crippen LogP contribution in [0.25, 0.3) is 0 Å². The third-order valence-corrected chi connectivity index (χ3v) is 2.59. The van der Waals surface area contributed by atoms with Crippen molar-refractivity contribution in [2.45, 2.75) is 12.2 Å². The Kier molecular flexibility index (Phi) is 3.06. The van der Waals surface area contributed by atoms with Crippen LogP contribution in [0.5, 0.6) is 0 Å². The second-order valence-electron chi connectivity index (χ2n) is 3.90. The van der Waals surface area contributed by atoms with E-state index in [9.17, 15) is 18.0 Å². The van der Waals surface area contributed by atoms with Crippen molar-refractivity contribution in [2.24, 2.45) is 0 Å². The van der Waals surface area contributed by atoms with Crippen LogP contribution in [0.3, 0.4) is 0 Å². The monoisotopic (exact) mass is 244 g/mol. The van der Waals surface area contributed by atoms with Gasteiger partial charge in [0.15, 0.2) is 0 Å². The molecule has 1 heterocycles. The molecule has 0 saturated carbocycles. The number of amides is 1. The van der Waals surface area contributed by atoms with Crippen LogP contribution in [-0.4, -0.2) is 25.0 Å².